The number of hydrogen-bond acceptors (Lipinski definition) is 5. The standard InChI is InChI=1S/C32H34F4N4O2S/c1-18-37-28-17-23(9-11-29(28)39(18)2)43-40(3)22-7-4-19(5-8-22)20-14-25(24-12-13-42-30(24)15-20)31(41)38-27-10-6-21(16-26(27)33)32(34,35)36/h4-8,10,16-17,20,24-25,30H,9,11-15H2,1-3H3,(H,38,41). The molecule has 1 saturated carbocycles. The highest BCUT2D eigenvalue weighted by Gasteiger charge is 2.45. The summed E-state index contributed by atoms with van der Waals surface area (Å²) in [6, 6.07) is 10.5. The Kier molecular flexibility index (Phi) is 8.06. The molecule has 0 radical (unpaired) electrons. The Labute approximate surface area is 252 Å². The third-order valence-electron chi connectivity index (χ3n) is 9.08. The summed E-state index contributed by atoms with van der Waals surface area (Å²) in [5, 5.41) is 2.56. The molecule has 0 spiro atoms. The van der Waals surface area contributed by atoms with Gasteiger partial charge < -0.3 is 18.9 Å². The zero-order valence-corrected chi connectivity index (χ0v) is 25.1. The summed E-state index contributed by atoms with van der Waals surface area (Å²) < 4.78 is 63.7. The van der Waals surface area contributed by atoms with Crippen LogP contribution in [0.1, 0.15) is 59.9 Å². The Hall–Kier alpha value is -3.31. The maximum Gasteiger partial charge on any atom is 0.416 e. The fourth-order valence-corrected chi connectivity index (χ4v) is 7.57. The monoisotopic (exact) mass is 614 g/mol. The zero-order valence-electron chi connectivity index (χ0n) is 24.2. The number of halogens is 4. The third-order valence-corrected chi connectivity index (χ3v) is 10.1. The van der Waals surface area contributed by atoms with Crippen LogP contribution in [-0.4, -0.2) is 35.2 Å². The van der Waals surface area contributed by atoms with Crippen LogP contribution in [0.15, 0.2) is 47.4 Å². The van der Waals surface area contributed by atoms with E-state index >= 15 is 0 Å². The van der Waals surface area contributed by atoms with Crippen LogP contribution in [0.4, 0.5) is 28.9 Å². The second-order valence-electron chi connectivity index (χ2n) is 11.7. The molecule has 1 aliphatic heterocycles. The van der Waals surface area contributed by atoms with Gasteiger partial charge in [0.05, 0.1) is 23.0 Å². The third kappa shape index (κ3) is 6.06. The second kappa shape index (κ2) is 11.6. The number of hydrogen-bond donors (Lipinski definition) is 1. The summed E-state index contributed by atoms with van der Waals surface area (Å²) in [6.07, 6.45) is 1.40. The van der Waals surface area contributed by atoms with Gasteiger partial charge in [-0.15, -0.1) is 0 Å². The molecular weight excluding hydrogens is 580 g/mol. The molecule has 1 aromatic heterocycles. The molecule has 4 atom stereocenters. The Morgan fingerprint density at radius 3 is 2.63 bits per heavy atom. The molecule has 228 valence electrons. The van der Waals surface area contributed by atoms with Crippen molar-refractivity contribution in [2.75, 3.05) is 23.3 Å². The smallest absolute Gasteiger partial charge is 0.378 e. The van der Waals surface area contributed by atoms with Gasteiger partial charge in [0.15, 0.2) is 0 Å². The van der Waals surface area contributed by atoms with E-state index in [2.05, 4.69) is 56.6 Å². The second-order valence-corrected chi connectivity index (χ2v) is 12.9. The van der Waals surface area contributed by atoms with Gasteiger partial charge in [-0.05, 0) is 105 Å². The van der Waals surface area contributed by atoms with E-state index in [4.69, 9.17) is 4.74 Å². The van der Waals surface area contributed by atoms with Crippen molar-refractivity contribution >= 4 is 35.3 Å². The van der Waals surface area contributed by atoms with Crippen molar-refractivity contribution in [1.29, 1.82) is 0 Å². The number of carbonyl (C=O) groups excluding carboxylic acids is 1. The Morgan fingerprint density at radius 1 is 1.14 bits per heavy atom. The lowest BCUT2D eigenvalue weighted by atomic mass is 9.69. The number of imidazole rings is 1. The molecule has 3 aromatic rings. The molecule has 0 bridgehead atoms. The van der Waals surface area contributed by atoms with Crippen LogP contribution in [0.25, 0.3) is 6.08 Å². The predicted octanol–water partition coefficient (Wildman–Crippen LogP) is 7.50. The minimum atomic E-state index is -4.66. The molecule has 1 saturated heterocycles. The van der Waals surface area contributed by atoms with Crippen molar-refractivity contribution in [2.24, 2.45) is 18.9 Å². The van der Waals surface area contributed by atoms with Crippen molar-refractivity contribution < 1.29 is 27.1 Å². The molecule has 4 unspecified atom stereocenters. The van der Waals surface area contributed by atoms with E-state index in [-0.39, 0.29) is 29.5 Å². The SMILES string of the molecule is Cc1nc2c(n1C)CCC(SN(C)c1ccc(C3CC4OCCC4C(C(=O)Nc4ccc(C(F)(F)F)cc4F)C3)cc1)=C2. The van der Waals surface area contributed by atoms with Gasteiger partial charge in [-0.3, -0.25) is 4.79 Å². The molecule has 11 heteroatoms. The Morgan fingerprint density at radius 2 is 1.91 bits per heavy atom. The topological polar surface area (TPSA) is 59.4 Å². The van der Waals surface area contributed by atoms with Crippen molar-refractivity contribution in [3.63, 3.8) is 0 Å². The first-order valence-corrected chi connectivity index (χ1v) is 15.3. The Balaban J connectivity index is 1.13. The van der Waals surface area contributed by atoms with E-state index in [1.54, 1.807) is 11.9 Å². The number of alkyl halides is 3. The zero-order chi connectivity index (χ0) is 30.5. The van der Waals surface area contributed by atoms with Gasteiger partial charge in [0.1, 0.15) is 11.6 Å². The summed E-state index contributed by atoms with van der Waals surface area (Å²) in [7, 11) is 4.10. The van der Waals surface area contributed by atoms with E-state index in [9.17, 15) is 22.4 Å². The predicted molar refractivity (Wildman–Crippen MR) is 160 cm³/mol. The van der Waals surface area contributed by atoms with Crippen molar-refractivity contribution in [1.82, 2.24) is 9.55 Å². The number of fused-ring (bicyclic) bond motifs is 2. The lowest BCUT2D eigenvalue weighted by Crippen LogP contribution is -2.39. The molecule has 6 rings (SSSR count). The molecule has 2 heterocycles. The number of carbonyl (C=O) groups is 1. The van der Waals surface area contributed by atoms with E-state index in [1.807, 2.05) is 14.0 Å². The van der Waals surface area contributed by atoms with Gasteiger partial charge in [-0.1, -0.05) is 12.1 Å². The summed E-state index contributed by atoms with van der Waals surface area (Å²) in [4.78, 5) is 19.3. The van der Waals surface area contributed by atoms with Crippen molar-refractivity contribution in [3.05, 3.63) is 81.5 Å². The highest BCUT2D eigenvalue weighted by molar-refractivity contribution is 8.04. The average molecular weight is 615 g/mol. The Bertz CT molecular complexity index is 1550. The normalized spacial score (nSPS) is 23.4. The van der Waals surface area contributed by atoms with Gasteiger partial charge in [-0.2, -0.15) is 13.2 Å². The number of benzene rings is 2. The quantitative estimate of drug-likeness (QED) is 0.230. The van der Waals surface area contributed by atoms with Crippen LogP contribution in [0, 0.1) is 24.6 Å². The number of nitrogens with one attached hydrogen (secondary N) is 1. The van der Waals surface area contributed by atoms with Gasteiger partial charge in [0.2, 0.25) is 5.91 Å². The number of aryl methyl sites for hydroxylation is 1. The van der Waals surface area contributed by atoms with Crippen molar-refractivity contribution in [3.8, 4) is 0 Å². The molecule has 3 aliphatic rings. The summed E-state index contributed by atoms with van der Waals surface area (Å²) in [5.74, 6) is -0.867. The molecule has 2 aromatic carbocycles. The first-order valence-electron chi connectivity index (χ1n) is 14.5. The summed E-state index contributed by atoms with van der Waals surface area (Å²) >= 11 is 1.69. The van der Waals surface area contributed by atoms with Crippen LogP contribution in [0.5, 0.6) is 0 Å². The number of allylic oxidation sites excluding steroid dienone is 1. The minimum absolute atomic E-state index is 0.0113. The molecule has 43 heavy (non-hydrogen) atoms. The minimum Gasteiger partial charge on any atom is -0.378 e. The number of amides is 1. The van der Waals surface area contributed by atoms with E-state index < -0.39 is 23.5 Å². The average Bonchev–Trinajstić information content (AvgIpc) is 3.56. The van der Waals surface area contributed by atoms with Crippen LogP contribution in [0.3, 0.4) is 0 Å². The largest absolute Gasteiger partial charge is 0.416 e. The molecule has 2 aliphatic carbocycles. The van der Waals surface area contributed by atoms with Crippen molar-refractivity contribution in [2.45, 2.75) is 57.2 Å². The van der Waals surface area contributed by atoms with Crippen LogP contribution in [-0.2, 0) is 29.2 Å². The fraction of sp³-hybridized carbons (Fsp3) is 0.438. The number of rotatable bonds is 6. The van der Waals surface area contributed by atoms with Crippen LogP contribution in [0.2, 0.25) is 0 Å². The number of aromatic nitrogens is 2. The molecular formula is C32H34F4N4O2S. The van der Waals surface area contributed by atoms with Crippen LogP contribution >= 0.6 is 11.9 Å². The molecule has 6 nitrogen and oxygen atoms in total. The van der Waals surface area contributed by atoms with Crippen LogP contribution < -0.4 is 9.62 Å². The van der Waals surface area contributed by atoms with Gasteiger partial charge in [-0.25, -0.2) is 9.37 Å². The number of anilines is 2. The first kappa shape index (κ1) is 29.7. The lowest BCUT2D eigenvalue weighted by Gasteiger charge is -2.37. The molecule has 2 fully saturated rings. The maximum atomic E-state index is 14.5. The first-order chi connectivity index (χ1) is 20.5. The number of nitrogens with zero attached hydrogens (tertiary/aromatic N) is 3. The molecule has 1 amide bonds. The summed E-state index contributed by atoms with van der Waals surface area (Å²) in [6.45, 7) is 2.57. The van der Waals surface area contributed by atoms with Gasteiger partial charge in [0, 0.05) is 42.9 Å². The molecule has 1 N–H and O–H groups in total. The van der Waals surface area contributed by atoms with E-state index in [0.29, 0.717) is 19.1 Å². The van der Waals surface area contributed by atoms with Gasteiger partial charge >= 0.3 is 6.18 Å². The highest BCUT2D eigenvalue weighted by atomic mass is 32.2. The maximum absolute atomic E-state index is 14.5. The highest BCUT2D eigenvalue weighted by Crippen LogP contribution is 2.46. The van der Waals surface area contributed by atoms with E-state index in [1.165, 1.54) is 10.6 Å². The number of ether oxygens (including phenoxy) is 1. The fourth-order valence-electron chi connectivity index (χ4n) is 6.63. The lowest BCUT2D eigenvalue weighted by molar-refractivity contribution is -0.137. The van der Waals surface area contributed by atoms with E-state index in [0.717, 1.165) is 60.6 Å². The van der Waals surface area contributed by atoms with Gasteiger partial charge in [0.25, 0.3) is 0 Å². The summed E-state index contributed by atoms with van der Waals surface area (Å²) in [5.41, 5.74) is 3.12.